The fourth-order valence-corrected chi connectivity index (χ4v) is 4.69. The Morgan fingerprint density at radius 2 is 1.30 bits per heavy atom. The van der Waals surface area contributed by atoms with Crippen LogP contribution >= 0.6 is 0 Å². The van der Waals surface area contributed by atoms with Gasteiger partial charge in [0.25, 0.3) is 0 Å². The number of hydrogen-bond donors (Lipinski definition) is 7. The fraction of sp³-hybridized carbons (Fsp3) is 0.250. The molecule has 43 heavy (non-hydrogen) atoms. The lowest BCUT2D eigenvalue weighted by Crippen LogP contribution is -2.58. The number of aromatic amines is 1. The molecule has 4 unspecified atom stereocenters. The van der Waals surface area contributed by atoms with Crippen LogP contribution in [0.25, 0.3) is 10.9 Å². The molecule has 4 aromatic rings. The van der Waals surface area contributed by atoms with Crippen LogP contribution in [0.4, 0.5) is 0 Å². The van der Waals surface area contributed by atoms with Gasteiger partial charge in [-0.1, -0.05) is 60.7 Å². The molecule has 0 aliphatic heterocycles. The molecular formula is C32H35N5O6. The summed E-state index contributed by atoms with van der Waals surface area (Å²) in [5.41, 5.74) is 9.44. The van der Waals surface area contributed by atoms with E-state index in [0.29, 0.717) is 5.56 Å². The largest absolute Gasteiger partial charge is 0.508 e. The molecule has 0 aliphatic rings. The molecule has 1 aromatic heterocycles. The predicted octanol–water partition coefficient (Wildman–Crippen LogP) is 1.79. The zero-order chi connectivity index (χ0) is 30.9. The van der Waals surface area contributed by atoms with Gasteiger partial charge in [0.05, 0.1) is 6.04 Å². The SMILES string of the molecule is CC(NC(=O)C(Cc1ccccc1)NC(=O)C(Cc1ccc(O)cc1)NC(=O)C(N)Cc1c[nH]c2ccccc12)C(=O)O. The number of carbonyl (C=O) groups excluding carboxylic acids is 3. The minimum Gasteiger partial charge on any atom is -0.508 e. The zero-order valence-electron chi connectivity index (χ0n) is 23.6. The summed E-state index contributed by atoms with van der Waals surface area (Å²) in [4.78, 5) is 54.6. The van der Waals surface area contributed by atoms with E-state index in [1.54, 1.807) is 42.6 Å². The summed E-state index contributed by atoms with van der Waals surface area (Å²) < 4.78 is 0. The Balaban J connectivity index is 1.53. The molecule has 0 radical (unpaired) electrons. The van der Waals surface area contributed by atoms with E-state index in [1.807, 2.05) is 30.3 Å². The molecule has 0 saturated heterocycles. The number of amides is 3. The molecule has 3 amide bonds. The van der Waals surface area contributed by atoms with Gasteiger partial charge >= 0.3 is 5.97 Å². The summed E-state index contributed by atoms with van der Waals surface area (Å²) >= 11 is 0. The summed E-state index contributed by atoms with van der Waals surface area (Å²) in [5.74, 6) is -3.08. The van der Waals surface area contributed by atoms with E-state index < -0.39 is 47.9 Å². The number of aromatic hydroxyl groups is 1. The fourth-order valence-electron chi connectivity index (χ4n) is 4.69. The van der Waals surface area contributed by atoms with E-state index in [1.165, 1.54) is 19.1 Å². The summed E-state index contributed by atoms with van der Waals surface area (Å²) in [6, 6.07) is 18.3. The maximum atomic E-state index is 13.7. The number of benzene rings is 3. The lowest BCUT2D eigenvalue weighted by Gasteiger charge is -2.25. The van der Waals surface area contributed by atoms with E-state index in [-0.39, 0.29) is 25.0 Å². The number of hydrogen-bond acceptors (Lipinski definition) is 6. The first-order chi connectivity index (χ1) is 20.6. The average Bonchev–Trinajstić information content (AvgIpc) is 3.40. The second kappa shape index (κ2) is 14.1. The molecule has 3 aromatic carbocycles. The number of phenolic OH excluding ortho intramolecular Hbond substituents is 1. The third-order valence-electron chi connectivity index (χ3n) is 7.11. The lowest BCUT2D eigenvalue weighted by atomic mass is 10.0. The van der Waals surface area contributed by atoms with Crippen LogP contribution in [0, 0.1) is 0 Å². The third-order valence-corrected chi connectivity index (χ3v) is 7.11. The van der Waals surface area contributed by atoms with Gasteiger partial charge in [-0.25, -0.2) is 0 Å². The van der Waals surface area contributed by atoms with E-state index in [2.05, 4.69) is 20.9 Å². The minimum absolute atomic E-state index is 0.0432. The number of aliphatic carboxylic acids is 1. The summed E-state index contributed by atoms with van der Waals surface area (Å²) in [6.45, 7) is 1.32. The second-order valence-corrected chi connectivity index (χ2v) is 10.4. The van der Waals surface area contributed by atoms with Crippen molar-refractivity contribution >= 4 is 34.6 Å². The van der Waals surface area contributed by atoms with Crippen LogP contribution in [0.3, 0.4) is 0 Å². The van der Waals surface area contributed by atoms with Gasteiger partial charge in [0.15, 0.2) is 0 Å². The summed E-state index contributed by atoms with van der Waals surface area (Å²) in [6.07, 6.45) is 2.15. The Kier molecular flexibility index (Phi) is 10.1. The van der Waals surface area contributed by atoms with Crippen molar-refractivity contribution in [2.24, 2.45) is 5.73 Å². The molecule has 11 nitrogen and oxygen atoms in total. The number of H-pyrrole nitrogens is 1. The molecule has 4 rings (SSSR count). The number of carbonyl (C=O) groups is 4. The molecule has 1 heterocycles. The van der Waals surface area contributed by atoms with Crippen molar-refractivity contribution in [1.29, 1.82) is 0 Å². The number of phenols is 1. The standard InChI is InChI=1S/C32H35N5O6/c1-19(32(42)43)35-30(40)27(15-20-7-3-2-4-8-20)37-31(41)28(16-21-11-13-23(38)14-12-21)36-29(39)25(33)17-22-18-34-26-10-6-5-9-24(22)26/h2-14,18-19,25,27-28,34,38H,15-17,33H2,1H3,(H,35,40)(H,36,39)(H,37,41)(H,42,43). The third kappa shape index (κ3) is 8.43. The molecular weight excluding hydrogens is 550 g/mol. The minimum atomic E-state index is -1.22. The molecule has 0 spiro atoms. The lowest BCUT2D eigenvalue weighted by molar-refractivity contribution is -0.141. The second-order valence-electron chi connectivity index (χ2n) is 10.4. The van der Waals surface area contributed by atoms with Gasteiger partial charge in [0.1, 0.15) is 23.9 Å². The Morgan fingerprint density at radius 1 is 0.744 bits per heavy atom. The van der Waals surface area contributed by atoms with Crippen molar-refractivity contribution in [3.05, 3.63) is 102 Å². The van der Waals surface area contributed by atoms with Crippen molar-refractivity contribution in [3.8, 4) is 5.75 Å². The Labute approximate surface area is 248 Å². The molecule has 11 heteroatoms. The van der Waals surface area contributed by atoms with Crippen LogP contribution < -0.4 is 21.7 Å². The van der Waals surface area contributed by atoms with Crippen molar-refractivity contribution in [2.75, 3.05) is 0 Å². The highest BCUT2D eigenvalue weighted by Gasteiger charge is 2.30. The molecule has 0 bridgehead atoms. The average molecular weight is 586 g/mol. The maximum absolute atomic E-state index is 13.7. The first kappa shape index (κ1) is 30.8. The van der Waals surface area contributed by atoms with Crippen LogP contribution in [0.15, 0.2) is 85.1 Å². The number of carboxylic acid groups (broad SMARTS) is 1. The first-order valence-electron chi connectivity index (χ1n) is 13.9. The number of carboxylic acids is 1. The monoisotopic (exact) mass is 585 g/mol. The summed E-state index contributed by atoms with van der Waals surface area (Å²) in [7, 11) is 0. The topological polar surface area (TPSA) is 187 Å². The maximum Gasteiger partial charge on any atom is 0.325 e. The zero-order valence-corrected chi connectivity index (χ0v) is 23.6. The van der Waals surface area contributed by atoms with Gasteiger partial charge in [0, 0.05) is 29.9 Å². The van der Waals surface area contributed by atoms with Crippen LogP contribution in [-0.2, 0) is 38.4 Å². The van der Waals surface area contributed by atoms with E-state index in [0.717, 1.165) is 22.0 Å². The number of aromatic nitrogens is 1. The van der Waals surface area contributed by atoms with Crippen molar-refractivity contribution < 1.29 is 29.4 Å². The number of fused-ring (bicyclic) bond motifs is 1. The predicted molar refractivity (Wildman–Crippen MR) is 161 cm³/mol. The van der Waals surface area contributed by atoms with Crippen molar-refractivity contribution in [2.45, 2.75) is 50.4 Å². The van der Waals surface area contributed by atoms with E-state index >= 15 is 0 Å². The van der Waals surface area contributed by atoms with Crippen molar-refractivity contribution in [3.63, 3.8) is 0 Å². The number of para-hydroxylation sites is 1. The smallest absolute Gasteiger partial charge is 0.325 e. The van der Waals surface area contributed by atoms with Gasteiger partial charge in [-0.2, -0.15) is 0 Å². The quantitative estimate of drug-likeness (QED) is 0.125. The molecule has 0 aliphatic carbocycles. The van der Waals surface area contributed by atoms with E-state index in [9.17, 15) is 29.4 Å². The number of nitrogens with one attached hydrogen (secondary N) is 4. The van der Waals surface area contributed by atoms with Gasteiger partial charge in [-0.3, -0.25) is 19.2 Å². The van der Waals surface area contributed by atoms with Crippen molar-refractivity contribution in [1.82, 2.24) is 20.9 Å². The van der Waals surface area contributed by atoms with Gasteiger partial charge in [-0.15, -0.1) is 0 Å². The van der Waals surface area contributed by atoms with Crippen LogP contribution in [0.2, 0.25) is 0 Å². The Hall–Kier alpha value is -5.16. The number of rotatable bonds is 13. The molecule has 4 atom stereocenters. The highest BCUT2D eigenvalue weighted by molar-refractivity contribution is 5.94. The van der Waals surface area contributed by atoms with Crippen LogP contribution in [0.5, 0.6) is 5.75 Å². The Bertz CT molecular complexity index is 1570. The van der Waals surface area contributed by atoms with Crippen LogP contribution in [0.1, 0.15) is 23.6 Å². The molecule has 0 saturated carbocycles. The molecule has 0 fully saturated rings. The Morgan fingerprint density at radius 3 is 1.95 bits per heavy atom. The summed E-state index contributed by atoms with van der Waals surface area (Å²) in [5, 5.41) is 27.7. The van der Waals surface area contributed by atoms with Gasteiger partial charge in [-0.05, 0) is 48.2 Å². The first-order valence-corrected chi connectivity index (χ1v) is 13.9. The van der Waals surface area contributed by atoms with Gasteiger partial charge < -0.3 is 36.9 Å². The van der Waals surface area contributed by atoms with Crippen LogP contribution in [-0.4, -0.2) is 63.1 Å². The molecule has 224 valence electrons. The van der Waals surface area contributed by atoms with Gasteiger partial charge in [0.2, 0.25) is 17.7 Å². The molecule has 8 N–H and O–H groups in total. The normalized spacial score (nSPS) is 13.8. The number of nitrogens with two attached hydrogens (primary N) is 1. The highest BCUT2D eigenvalue weighted by atomic mass is 16.4. The highest BCUT2D eigenvalue weighted by Crippen LogP contribution is 2.19. The van der Waals surface area contributed by atoms with E-state index in [4.69, 9.17) is 5.73 Å².